The smallest absolute Gasteiger partial charge is 0.264 e. The zero-order valence-electron chi connectivity index (χ0n) is 23.0. The summed E-state index contributed by atoms with van der Waals surface area (Å²) in [5.41, 5.74) is 2.36. The number of rotatable bonds is 11. The molecule has 1 N–H and O–H groups in total. The minimum Gasteiger partial charge on any atom is -0.494 e. The lowest BCUT2D eigenvalue weighted by Crippen LogP contribution is -2.38. The van der Waals surface area contributed by atoms with Crippen LogP contribution in [0.15, 0.2) is 65.6 Å². The molecule has 2 amide bonds. The summed E-state index contributed by atoms with van der Waals surface area (Å²) in [6.07, 6.45) is 1.26. The number of hydrogen-bond acceptors (Lipinski definition) is 7. The lowest BCUT2D eigenvalue weighted by molar-refractivity contribution is -0.117. The fraction of sp³-hybridized carbons (Fsp3) is 0.310. The minimum absolute atomic E-state index is 0.0364. The van der Waals surface area contributed by atoms with E-state index in [0.717, 1.165) is 22.0 Å². The summed E-state index contributed by atoms with van der Waals surface area (Å²) in [4.78, 5) is 27.2. The van der Waals surface area contributed by atoms with Gasteiger partial charge in [-0.3, -0.25) is 13.9 Å². The van der Waals surface area contributed by atoms with Crippen molar-refractivity contribution in [2.45, 2.75) is 31.6 Å². The Morgan fingerprint density at radius 3 is 2.35 bits per heavy atom. The molecule has 1 heterocycles. The molecule has 11 heteroatoms. The van der Waals surface area contributed by atoms with Crippen molar-refractivity contribution in [1.82, 2.24) is 0 Å². The molecular formula is C29H33N3O7S. The number of carbonyl (C=O) groups excluding carboxylic acids is 2. The predicted molar refractivity (Wildman–Crippen MR) is 153 cm³/mol. The van der Waals surface area contributed by atoms with Gasteiger partial charge in [0.15, 0.2) is 11.5 Å². The van der Waals surface area contributed by atoms with E-state index in [2.05, 4.69) is 5.32 Å². The molecule has 0 unspecified atom stereocenters. The van der Waals surface area contributed by atoms with Crippen LogP contribution >= 0.6 is 0 Å². The number of amides is 2. The first-order valence-electron chi connectivity index (χ1n) is 12.9. The Morgan fingerprint density at radius 2 is 1.73 bits per heavy atom. The van der Waals surface area contributed by atoms with Crippen LogP contribution in [0.5, 0.6) is 17.2 Å². The standard InChI is InChI=1S/C29H33N3O7S/c1-5-39-23-12-10-22(11-13-23)32(40(35,36)24-14-15-26(37-3)27(18-24)38-4)19-28(33)30-21-9-8-20(2)25(17-21)31-16-6-7-29(31)34/h8-15,17-18H,5-7,16,19H2,1-4H3,(H,30,33). The fourth-order valence-electron chi connectivity index (χ4n) is 4.51. The highest BCUT2D eigenvalue weighted by molar-refractivity contribution is 7.92. The highest BCUT2D eigenvalue weighted by Gasteiger charge is 2.29. The van der Waals surface area contributed by atoms with E-state index >= 15 is 0 Å². The Hall–Kier alpha value is -4.25. The molecule has 0 spiro atoms. The van der Waals surface area contributed by atoms with E-state index in [4.69, 9.17) is 14.2 Å². The van der Waals surface area contributed by atoms with Gasteiger partial charge in [0.25, 0.3) is 10.0 Å². The van der Waals surface area contributed by atoms with Gasteiger partial charge in [-0.05, 0) is 74.4 Å². The van der Waals surface area contributed by atoms with Crippen LogP contribution in [0.4, 0.5) is 17.1 Å². The molecule has 4 rings (SSSR count). The third-order valence-electron chi connectivity index (χ3n) is 6.52. The van der Waals surface area contributed by atoms with Gasteiger partial charge in [-0.1, -0.05) is 6.07 Å². The molecule has 1 fully saturated rings. The van der Waals surface area contributed by atoms with Gasteiger partial charge in [0.05, 0.1) is 31.4 Å². The average Bonchev–Trinajstić information content (AvgIpc) is 3.38. The summed E-state index contributed by atoms with van der Waals surface area (Å²) in [6.45, 7) is 4.32. The molecule has 0 saturated carbocycles. The van der Waals surface area contributed by atoms with Gasteiger partial charge in [0.2, 0.25) is 11.8 Å². The maximum absolute atomic E-state index is 13.9. The van der Waals surface area contributed by atoms with Crippen molar-refractivity contribution in [3.8, 4) is 17.2 Å². The third kappa shape index (κ3) is 6.15. The summed E-state index contributed by atoms with van der Waals surface area (Å²) >= 11 is 0. The maximum Gasteiger partial charge on any atom is 0.264 e. The molecule has 1 saturated heterocycles. The van der Waals surface area contributed by atoms with Crippen LogP contribution in [0.1, 0.15) is 25.3 Å². The van der Waals surface area contributed by atoms with Crippen LogP contribution < -0.4 is 28.7 Å². The molecule has 1 aliphatic heterocycles. The number of methoxy groups -OCH3 is 2. The van der Waals surface area contributed by atoms with Crippen molar-refractivity contribution >= 4 is 38.9 Å². The van der Waals surface area contributed by atoms with Gasteiger partial charge < -0.3 is 24.4 Å². The maximum atomic E-state index is 13.9. The minimum atomic E-state index is -4.22. The lowest BCUT2D eigenvalue weighted by atomic mass is 10.1. The number of anilines is 3. The lowest BCUT2D eigenvalue weighted by Gasteiger charge is -2.25. The fourth-order valence-corrected chi connectivity index (χ4v) is 5.94. The molecule has 1 aliphatic rings. The molecule has 0 aliphatic carbocycles. The molecule has 3 aromatic rings. The Bertz CT molecular complexity index is 1490. The van der Waals surface area contributed by atoms with E-state index in [9.17, 15) is 18.0 Å². The number of sulfonamides is 1. The van der Waals surface area contributed by atoms with Crippen LogP contribution in [0.25, 0.3) is 0 Å². The van der Waals surface area contributed by atoms with Crippen LogP contribution in [-0.2, 0) is 19.6 Å². The van der Waals surface area contributed by atoms with E-state index in [1.807, 2.05) is 19.9 Å². The van der Waals surface area contributed by atoms with Crippen LogP contribution in [0.3, 0.4) is 0 Å². The van der Waals surface area contributed by atoms with Gasteiger partial charge in [-0.2, -0.15) is 0 Å². The molecule has 0 atom stereocenters. The summed E-state index contributed by atoms with van der Waals surface area (Å²) in [6, 6.07) is 16.0. The van der Waals surface area contributed by atoms with E-state index in [-0.39, 0.29) is 22.2 Å². The highest BCUT2D eigenvalue weighted by atomic mass is 32.2. The molecule has 3 aromatic carbocycles. The van der Waals surface area contributed by atoms with Crippen molar-refractivity contribution < 1.29 is 32.2 Å². The number of nitrogens with one attached hydrogen (secondary N) is 1. The van der Waals surface area contributed by atoms with Crippen molar-refractivity contribution in [3.63, 3.8) is 0 Å². The van der Waals surface area contributed by atoms with Gasteiger partial charge in [-0.25, -0.2) is 8.42 Å². The van der Waals surface area contributed by atoms with Crippen LogP contribution in [0, 0.1) is 6.92 Å². The molecule has 10 nitrogen and oxygen atoms in total. The monoisotopic (exact) mass is 567 g/mol. The van der Waals surface area contributed by atoms with Crippen molar-refractivity contribution in [1.29, 1.82) is 0 Å². The number of hydrogen-bond donors (Lipinski definition) is 1. The van der Waals surface area contributed by atoms with Gasteiger partial charge >= 0.3 is 0 Å². The normalized spacial score (nSPS) is 13.2. The number of nitrogens with zero attached hydrogens (tertiary/aromatic N) is 2. The molecule has 0 bridgehead atoms. The Kier molecular flexibility index (Phi) is 8.83. The van der Waals surface area contributed by atoms with E-state index in [1.165, 1.54) is 32.4 Å². The van der Waals surface area contributed by atoms with Gasteiger partial charge in [-0.15, -0.1) is 0 Å². The Labute approximate surface area is 234 Å². The number of aryl methyl sites for hydroxylation is 1. The molecule has 40 heavy (non-hydrogen) atoms. The zero-order valence-corrected chi connectivity index (χ0v) is 23.8. The predicted octanol–water partition coefficient (Wildman–Crippen LogP) is 4.37. The summed E-state index contributed by atoms with van der Waals surface area (Å²) in [5.74, 6) is 0.666. The number of benzene rings is 3. The van der Waals surface area contributed by atoms with Crippen LogP contribution in [-0.4, -0.2) is 54.1 Å². The van der Waals surface area contributed by atoms with Gasteiger partial charge in [0.1, 0.15) is 12.3 Å². The van der Waals surface area contributed by atoms with Crippen molar-refractivity contribution in [2.24, 2.45) is 0 Å². The number of ether oxygens (including phenoxy) is 3. The quantitative estimate of drug-likeness (QED) is 0.366. The summed E-state index contributed by atoms with van der Waals surface area (Å²) in [7, 11) is -1.34. The van der Waals surface area contributed by atoms with E-state index < -0.39 is 22.5 Å². The first-order chi connectivity index (χ1) is 19.2. The first-order valence-corrected chi connectivity index (χ1v) is 14.3. The molecule has 0 radical (unpaired) electrons. The second kappa shape index (κ2) is 12.3. The average molecular weight is 568 g/mol. The highest BCUT2D eigenvalue weighted by Crippen LogP contribution is 2.33. The molecule has 212 valence electrons. The van der Waals surface area contributed by atoms with Gasteiger partial charge in [0, 0.05) is 30.4 Å². The van der Waals surface area contributed by atoms with Crippen LogP contribution in [0.2, 0.25) is 0 Å². The van der Waals surface area contributed by atoms with Crippen molar-refractivity contribution in [2.75, 3.05) is 48.4 Å². The second-order valence-corrected chi connectivity index (χ2v) is 11.0. The topological polar surface area (TPSA) is 114 Å². The number of carbonyl (C=O) groups is 2. The Balaban J connectivity index is 1.65. The van der Waals surface area contributed by atoms with Crippen molar-refractivity contribution in [3.05, 3.63) is 66.2 Å². The SMILES string of the molecule is CCOc1ccc(N(CC(=O)Nc2ccc(C)c(N3CCCC3=O)c2)S(=O)(=O)c2ccc(OC)c(OC)c2)cc1. The molecular weight excluding hydrogens is 534 g/mol. The second-order valence-electron chi connectivity index (χ2n) is 9.15. The Morgan fingerprint density at radius 1 is 1.00 bits per heavy atom. The summed E-state index contributed by atoms with van der Waals surface area (Å²) in [5, 5.41) is 2.79. The zero-order chi connectivity index (χ0) is 28.9. The largest absolute Gasteiger partial charge is 0.494 e. The first kappa shape index (κ1) is 28.8. The third-order valence-corrected chi connectivity index (χ3v) is 8.29. The van der Waals surface area contributed by atoms with E-state index in [1.54, 1.807) is 41.3 Å². The molecule has 0 aromatic heterocycles. The van der Waals surface area contributed by atoms with E-state index in [0.29, 0.717) is 36.8 Å². The summed E-state index contributed by atoms with van der Waals surface area (Å²) < 4.78 is 44.8.